The summed E-state index contributed by atoms with van der Waals surface area (Å²) < 4.78 is 2.42. The van der Waals surface area contributed by atoms with E-state index in [1.54, 1.807) is 0 Å². The molecule has 2 nitrogen and oxygen atoms in total. The number of anilines is 3. The fourth-order valence-electron chi connectivity index (χ4n) is 9.78. The van der Waals surface area contributed by atoms with Crippen LogP contribution >= 0.6 is 0 Å². The van der Waals surface area contributed by atoms with Crippen LogP contribution in [0.5, 0.6) is 0 Å². The molecule has 62 heavy (non-hydrogen) atoms. The Labute approximate surface area is 360 Å². The number of rotatable bonds is 7. The number of hydrogen-bond acceptors (Lipinski definition) is 1. The number of hydrogen-bond donors (Lipinski definition) is 0. The van der Waals surface area contributed by atoms with Crippen molar-refractivity contribution in [3.05, 3.63) is 243 Å². The molecule has 12 rings (SSSR count). The summed E-state index contributed by atoms with van der Waals surface area (Å²) in [6.45, 7) is 0. The minimum absolute atomic E-state index is 1.08. The van der Waals surface area contributed by atoms with Crippen LogP contribution in [0.3, 0.4) is 0 Å². The van der Waals surface area contributed by atoms with Gasteiger partial charge in [0, 0.05) is 33.3 Å². The smallest absolute Gasteiger partial charge is 0.0541 e. The van der Waals surface area contributed by atoms with Crippen molar-refractivity contribution in [3.63, 3.8) is 0 Å². The summed E-state index contributed by atoms with van der Waals surface area (Å²) in [5.74, 6) is 0. The maximum Gasteiger partial charge on any atom is 0.0541 e. The molecule has 0 N–H and O–H groups in total. The summed E-state index contributed by atoms with van der Waals surface area (Å²) in [6.07, 6.45) is 0. The number of aromatic nitrogens is 1. The molecule has 11 aromatic carbocycles. The van der Waals surface area contributed by atoms with E-state index in [0.717, 1.165) is 28.3 Å². The van der Waals surface area contributed by atoms with Gasteiger partial charge in [0.25, 0.3) is 0 Å². The highest BCUT2D eigenvalue weighted by Gasteiger charge is 2.21. The molecule has 0 radical (unpaired) electrons. The standard InChI is InChI=1S/C60H40N2/c1-3-22-47-41(17-1)19-16-30-48(47)43-20-15-21-46(39-43)61(58-32-12-10-29-55(58)56-40-44-18-2-4-23-49(44)51-25-5-6-26-52(51)56)45-37-35-42(36-38-45)50-24-7-11-31-57(50)62-59-33-13-8-27-53(59)54-28-9-14-34-60(54)62/h1-40H. The molecule has 0 saturated carbocycles. The fourth-order valence-corrected chi connectivity index (χ4v) is 9.78. The van der Waals surface area contributed by atoms with E-state index in [-0.39, 0.29) is 0 Å². The molecule has 0 spiro atoms. The lowest BCUT2D eigenvalue weighted by Crippen LogP contribution is -2.11. The van der Waals surface area contributed by atoms with Crippen LogP contribution in [0, 0.1) is 0 Å². The lowest BCUT2D eigenvalue weighted by molar-refractivity contribution is 1.18. The van der Waals surface area contributed by atoms with Gasteiger partial charge in [-0.2, -0.15) is 0 Å². The van der Waals surface area contributed by atoms with Gasteiger partial charge in [-0.3, -0.25) is 0 Å². The van der Waals surface area contributed by atoms with Gasteiger partial charge < -0.3 is 9.47 Å². The third kappa shape index (κ3) is 5.88. The Balaban J connectivity index is 1.05. The molecule has 0 aliphatic rings. The van der Waals surface area contributed by atoms with Crippen LogP contribution in [-0.2, 0) is 0 Å². The van der Waals surface area contributed by atoms with Gasteiger partial charge in [-0.15, -0.1) is 0 Å². The lowest BCUT2D eigenvalue weighted by Gasteiger charge is -2.29. The predicted molar refractivity (Wildman–Crippen MR) is 264 cm³/mol. The van der Waals surface area contributed by atoms with E-state index >= 15 is 0 Å². The van der Waals surface area contributed by atoms with E-state index in [1.165, 1.54) is 81.9 Å². The summed E-state index contributed by atoms with van der Waals surface area (Å²) in [7, 11) is 0. The molecule has 0 saturated heterocycles. The topological polar surface area (TPSA) is 8.17 Å². The van der Waals surface area contributed by atoms with E-state index in [2.05, 4.69) is 252 Å². The molecule has 1 heterocycles. The van der Waals surface area contributed by atoms with E-state index in [4.69, 9.17) is 0 Å². The van der Waals surface area contributed by atoms with Crippen LogP contribution in [-0.4, -0.2) is 4.57 Å². The van der Waals surface area contributed by atoms with Gasteiger partial charge in [0.15, 0.2) is 0 Å². The molecule has 0 fully saturated rings. The third-order valence-electron chi connectivity index (χ3n) is 12.6. The van der Waals surface area contributed by atoms with Crippen LogP contribution in [0.1, 0.15) is 0 Å². The van der Waals surface area contributed by atoms with Crippen molar-refractivity contribution < 1.29 is 0 Å². The highest BCUT2D eigenvalue weighted by Crippen LogP contribution is 2.46. The van der Waals surface area contributed by atoms with Gasteiger partial charge in [-0.1, -0.05) is 188 Å². The molecule has 2 heteroatoms. The Morgan fingerprint density at radius 3 is 1.60 bits per heavy atom. The largest absolute Gasteiger partial charge is 0.310 e. The highest BCUT2D eigenvalue weighted by atomic mass is 15.1. The van der Waals surface area contributed by atoms with Crippen LogP contribution < -0.4 is 4.90 Å². The molecule has 0 bridgehead atoms. The Hall–Kier alpha value is -8.20. The SMILES string of the molecule is c1cc(-c2cccc3ccccc23)cc(N(c2ccc(-c3ccccc3-n3c4ccccc4c4ccccc43)cc2)c2ccccc2-c2cc3ccccc3c3ccccc23)c1. The van der Waals surface area contributed by atoms with Crippen molar-refractivity contribution >= 4 is 71.2 Å². The van der Waals surface area contributed by atoms with Crippen LogP contribution in [0.25, 0.3) is 93.2 Å². The zero-order valence-electron chi connectivity index (χ0n) is 34.0. The second kappa shape index (κ2) is 14.8. The zero-order chi connectivity index (χ0) is 41.0. The van der Waals surface area contributed by atoms with Crippen molar-refractivity contribution in [2.75, 3.05) is 4.90 Å². The normalized spacial score (nSPS) is 11.5. The first-order chi connectivity index (χ1) is 30.8. The maximum atomic E-state index is 2.44. The minimum atomic E-state index is 1.08. The Morgan fingerprint density at radius 2 is 0.823 bits per heavy atom. The number of fused-ring (bicyclic) bond motifs is 7. The zero-order valence-corrected chi connectivity index (χ0v) is 34.0. The van der Waals surface area contributed by atoms with Gasteiger partial charge in [-0.25, -0.2) is 0 Å². The van der Waals surface area contributed by atoms with Gasteiger partial charge in [0.1, 0.15) is 0 Å². The molecule has 0 amide bonds. The molecule has 0 atom stereocenters. The summed E-state index contributed by atoms with van der Waals surface area (Å²) in [5.41, 5.74) is 14.0. The molecule has 1 aromatic heterocycles. The highest BCUT2D eigenvalue weighted by molar-refractivity contribution is 6.15. The average molecular weight is 789 g/mol. The van der Waals surface area contributed by atoms with Crippen LogP contribution in [0.2, 0.25) is 0 Å². The quantitative estimate of drug-likeness (QED) is 0.146. The minimum Gasteiger partial charge on any atom is -0.310 e. The first kappa shape index (κ1) is 35.7. The molecule has 290 valence electrons. The summed E-state index contributed by atoms with van der Waals surface area (Å²) in [6, 6.07) is 88.5. The summed E-state index contributed by atoms with van der Waals surface area (Å²) in [5, 5.41) is 9.98. The number of para-hydroxylation sites is 4. The van der Waals surface area contributed by atoms with Crippen molar-refractivity contribution in [1.29, 1.82) is 0 Å². The van der Waals surface area contributed by atoms with Crippen molar-refractivity contribution in [1.82, 2.24) is 4.57 Å². The molecule has 0 aliphatic heterocycles. The Bertz CT molecular complexity index is 3590. The van der Waals surface area contributed by atoms with Crippen LogP contribution in [0.4, 0.5) is 17.1 Å². The molecule has 0 unspecified atom stereocenters. The molecular formula is C60H40N2. The second-order valence-electron chi connectivity index (χ2n) is 16.1. The van der Waals surface area contributed by atoms with Gasteiger partial charge in [0.2, 0.25) is 0 Å². The van der Waals surface area contributed by atoms with E-state index < -0.39 is 0 Å². The molecular weight excluding hydrogens is 749 g/mol. The average Bonchev–Trinajstić information content (AvgIpc) is 3.68. The molecule has 12 aromatic rings. The fraction of sp³-hybridized carbons (Fsp3) is 0. The van der Waals surface area contributed by atoms with Gasteiger partial charge in [-0.05, 0) is 109 Å². The summed E-state index contributed by atoms with van der Waals surface area (Å²) >= 11 is 0. The van der Waals surface area contributed by atoms with E-state index in [1.807, 2.05) is 0 Å². The summed E-state index contributed by atoms with van der Waals surface area (Å²) in [4.78, 5) is 2.44. The van der Waals surface area contributed by atoms with Crippen molar-refractivity contribution in [2.24, 2.45) is 0 Å². The first-order valence-electron chi connectivity index (χ1n) is 21.3. The monoisotopic (exact) mass is 788 g/mol. The maximum absolute atomic E-state index is 2.44. The van der Waals surface area contributed by atoms with Crippen molar-refractivity contribution in [2.45, 2.75) is 0 Å². The Kier molecular flexibility index (Phi) is 8.53. The molecule has 0 aliphatic carbocycles. The van der Waals surface area contributed by atoms with E-state index in [0.29, 0.717) is 0 Å². The number of nitrogens with zero attached hydrogens (tertiary/aromatic N) is 2. The van der Waals surface area contributed by atoms with Crippen molar-refractivity contribution in [3.8, 4) is 39.1 Å². The van der Waals surface area contributed by atoms with Gasteiger partial charge >= 0.3 is 0 Å². The van der Waals surface area contributed by atoms with Crippen LogP contribution in [0.15, 0.2) is 243 Å². The second-order valence-corrected chi connectivity index (χ2v) is 16.1. The van der Waals surface area contributed by atoms with E-state index in [9.17, 15) is 0 Å². The Morgan fingerprint density at radius 1 is 0.274 bits per heavy atom. The lowest BCUT2D eigenvalue weighted by atomic mass is 9.92. The number of benzene rings is 11. The third-order valence-corrected chi connectivity index (χ3v) is 12.6. The predicted octanol–water partition coefficient (Wildman–Crippen LogP) is 16.7. The first-order valence-corrected chi connectivity index (χ1v) is 21.3. The van der Waals surface area contributed by atoms with Gasteiger partial charge in [0.05, 0.1) is 22.4 Å².